The SMILES string of the molecule is CCC(C)c1cc(Cl)cc(C(C)=O)c1C. The second kappa shape index (κ2) is 4.80. The summed E-state index contributed by atoms with van der Waals surface area (Å²) in [5.41, 5.74) is 3.01. The van der Waals surface area contributed by atoms with Crippen molar-refractivity contribution in [1.82, 2.24) is 0 Å². The summed E-state index contributed by atoms with van der Waals surface area (Å²) < 4.78 is 0. The van der Waals surface area contributed by atoms with E-state index in [0.29, 0.717) is 10.9 Å². The Morgan fingerprint density at radius 2 is 2.07 bits per heavy atom. The maximum atomic E-state index is 11.4. The molecule has 0 amide bonds. The van der Waals surface area contributed by atoms with Crippen LogP contribution in [0.3, 0.4) is 0 Å². The van der Waals surface area contributed by atoms with Crippen LogP contribution in [-0.2, 0) is 0 Å². The third kappa shape index (κ3) is 2.60. The first-order valence-corrected chi connectivity index (χ1v) is 5.66. The molecule has 0 radical (unpaired) electrons. The van der Waals surface area contributed by atoms with Gasteiger partial charge in [-0.2, -0.15) is 0 Å². The van der Waals surface area contributed by atoms with Gasteiger partial charge in [-0.3, -0.25) is 4.79 Å². The van der Waals surface area contributed by atoms with E-state index in [1.807, 2.05) is 13.0 Å². The van der Waals surface area contributed by atoms with Crippen LogP contribution in [0.25, 0.3) is 0 Å². The minimum absolute atomic E-state index is 0.0829. The van der Waals surface area contributed by atoms with Crippen molar-refractivity contribution in [1.29, 1.82) is 0 Å². The van der Waals surface area contributed by atoms with E-state index in [0.717, 1.165) is 17.5 Å². The summed E-state index contributed by atoms with van der Waals surface area (Å²) >= 11 is 6.01. The molecule has 0 saturated carbocycles. The van der Waals surface area contributed by atoms with Crippen molar-refractivity contribution in [3.8, 4) is 0 Å². The lowest BCUT2D eigenvalue weighted by Gasteiger charge is -2.15. The second-order valence-corrected chi connectivity index (χ2v) is 4.47. The van der Waals surface area contributed by atoms with Crippen molar-refractivity contribution in [2.75, 3.05) is 0 Å². The molecule has 0 spiro atoms. The molecule has 0 saturated heterocycles. The zero-order chi connectivity index (χ0) is 11.6. The van der Waals surface area contributed by atoms with E-state index in [4.69, 9.17) is 11.6 Å². The molecule has 1 rings (SSSR count). The molecule has 1 unspecified atom stereocenters. The van der Waals surface area contributed by atoms with Gasteiger partial charge in [0.1, 0.15) is 0 Å². The molecule has 0 aliphatic heterocycles. The Labute approximate surface area is 96.5 Å². The molecule has 0 heterocycles. The minimum Gasteiger partial charge on any atom is -0.295 e. The van der Waals surface area contributed by atoms with E-state index in [9.17, 15) is 4.79 Å². The van der Waals surface area contributed by atoms with E-state index in [1.54, 1.807) is 13.0 Å². The summed E-state index contributed by atoms with van der Waals surface area (Å²) in [6.45, 7) is 7.87. The highest BCUT2D eigenvalue weighted by atomic mass is 35.5. The molecule has 1 nitrogen and oxygen atoms in total. The van der Waals surface area contributed by atoms with E-state index >= 15 is 0 Å². The molecule has 0 fully saturated rings. The van der Waals surface area contributed by atoms with Crippen LogP contribution in [0.2, 0.25) is 5.02 Å². The number of carbonyl (C=O) groups is 1. The summed E-state index contributed by atoms with van der Waals surface area (Å²) in [5, 5.41) is 0.654. The summed E-state index contributed by atoms with van der Waals surface area (Å²) in [5.74, 6) is 0.529. The molecule has 82 valence electrons. The van der Waals surface area contributed by atoms with Crippen LogP contribution in [0.1, 0.15) is 54.6 Å². The van der Waals surface area contributed by atoms with Gasteiger partial charge in [-0.25, -0.2) is 0 Å². The Morgan fingerprint density at radius 3 is 2.53 bits per heavy atom. The molecule has 1 aromatic carbocycles. The quantitative estimate of drug-likeness (QED) is 0.697. The first kappa shape index (κ1) is 12.3. The highest BCUT2D eigenvalue weighted by Gasteiger charge is 2.13. The predicted molar refractivity (Wildman–Crippen MR) is 64.9 cm³/mol. The summed E-state index contributed by atoms with van der Waals surface area (Å²) in [7, 11) is 0. The number of benzene rings is 1. The molecule has 0 aliphatic rings. The van der Waals surface area contributed by atoms with Gasteiger partial charge in [-0.15, -0.1) is 0 Å². The van der Waals surface area contributed by atoms with Gasteiger partial charge < -0.3 is 0 Å². The van der Waals surface area contributed by atoms with Gasteiger partial charge in [0.05, 0.1) is 0 Å². The van der Waals surface area contributed by atoms with Crippen molar-refractivity contribution in [3.05, 3.63) is 33.8 Å². The van der Waals surface area contributed by atoms with Gasteiger partial charge in [-0.05, 0) is 49.4 Å². The fourth-order valence-electron chi connectivity index (χ4n) is 1.80. The van der Waals surface area contributed by atoms with Crippen molar-refractivity contribution in [2.45, 2.75) is 40.0 Å². The molecule has 0 bridgehead atoms. The number of halogens is 1. The molecule has 1 atom stereocenters. The average molecular weight is 225 g/mol. The Bertz CT molecular complexity index is 382. The molecule has 0 aromatic heterocycles. The first-order chi connectivity index (χ1) is 6.97. The average Bonchev–Trinajstić information content (AvgIpc) is 2.19. The number of hydrogen-bond donors (Lipinski definition) is 0. The van der Waals surface area contributed by atoms with E-state index < -0.39 is 0 Å². The lowest BCUT2D eigenvalue weighted by Crippen LogP contribution is -2.03. The normalized spacial score (nSPS) is 12.6. The molecular weight excluding hydrogens is 208 g/mol. The van der Waals surface area contributed by atoms with E-state index in [1.165, 1.54) is 5.56 Å². The summed E-state index contributed by atoms with van der Waals surface area (Å²) in [4.78, 5) is 11.4. The zero-order valence-corrected chi connectivity index (χ0v) is 10.5. The highest BCUT2D eigenvalue weighted by molar-refractivity contribution is 6.31. The largest absolute Gasteiger partial charge is 0.295 e. The Balaban J connectivity index is 3.34. The van der Waals surface area contributed by atoms with Crippen LogP contribution in [0.4, 0.5) is 0 Å². The lowest BCUT2D eigenvalue weighted by atomic mass is 9.90. The fourth-order valence-corrected chi connectivity index (χ4v) is 2.02. The molecular formula is C13H17ClO. The van der Waals surface area contributed by atoms with Gasteiger partial charge in [0.25, 0.3) is 0 Å². The van der Waals surface area contributed by atoms with Gasteiger partial charge in [-0.1, -0.05) is 25.4 Å². The molecule has 0 aliphatic carbocycles. The Morgan fingerprint density at radius 1 is 1.47 bits per heavy atom. The number of carbonyl (C=O) groups excluding carboxylic acids is 1. The summed E-state index contributed by atoms with van der Waals surface area (Å²) in [6, 6.07) is 3.72. The van der Waals surface area contributed by atoms with Crippen LogP contribution in [0.5, 0.6) is 0 Å². The third-order valence-electron chi connectivity index (χ3n) is 2.94. The van der Waals surface area contributed by atoms with Gasteiger partial charge in [0.15, 0.2) is 5.78 Å². The highest BCUT2D eigenvalue weighted by Crippen LogP contribution is 2.28. The number of rotatable bonds is 3. The third-order valence-corrected chi connectivity index (χ3v) is 3.15. The fraction of sp³-hybridized carbons (Fsp3) is 0.462. The molecule has 1 aromatic rings. The van der Waals surface area contributed by atoms with Crippen molar-refractivity contribution in [2.24, 2.45) is 0 Å². The van der Waals surface area contributed by atoms with Gasteiger partial charge >= 0.3 is 0 Å². The lowest BCUT2D eigenvalue weighted by molar-refractivity contribution is 0.101. The number of hydrogen-bond acceptors (Lipinski definition) is 1. The Kier molecular flexibility index (Phi) is 3.92. The van der Waals surface area contributed by atoms with Crippen LogP contribution >= 0.6 is 11.6 Å². The van der Waals surface area contributed by atoms with E-state index in [-0.39, 0.29) is 5.78 Å². The van der Waals surface area contributed by atoms with Crippen LogP contribution < -0.4 is 0 Å². The Hall–Kier alpha value is -0.820. The number of ketones is 1. The predicted octanol–water partition coefficient (Wildman–Crippen LogP) is 4.36. The zero-order valence-electron chi connectivity index (χ0n) is 9.73. The first-order valence-electron chi connectivity index (χ1n) is 5.28. The number of Topliss-reactive ketones (excluding diaryl/α,β-unsaturated/α-hetero) is 1. The van der Waals surface area contributed by atoms with Crippen molar-refractivity contribution < 1.29 is 4.79 Å². The minimum atomic E-state index is 0.0829. The van der Waals surface area contributed by atoms with Crippen LogP contribution in [-0.4, -0.2) is 5.78 Å². The monoisotopic (exact) mass is 224 g/mol. The summed E-state index contributed by atoms with van der Waals surface area (Å²) in [6.07, 6.45) is 1.05. The smallest absolute Gasteiger partial charge is 0.160 e. The van der Waals surface area contributed by atoms with Crippen LogP contribution in [0, 0.1) is 6.92 Å². The van der Waals surface area contributed by atoms with Gasteiger partial charge in [0, 0.05) is 10.6 Å². The molecule has 15 heavy (non-hydrogen) atoms. The maximum Gasteiger partial charge on any atom is 0.160 e. The molecule has 0 N–H and O–H groups in total. The van der Waals surface area contributed by atoms with E-state index in [2.05, 4.69) is 13.8 Å². The maximum absolute atomic E-state index is 11.4. The standard InChI is InChI=1S/C13H17ClO/c1-5-8(2)12-6-11(14)7-13(9(12)3)10(4)15/h6-8H,5H2,1-4H3. The van der Waals surface area contributed by atoms with Crippen molar-refractivity contribution in [3.63, 3.8) is 0 Å². The van der Waals surface area contributed by atoms with Crippen molar-refractivity contribution >= 4 is 17.4 Å². The topological polar surface area (TPSA) is 17.1 Å². The van der Waals surface area contributed by atoms with Gasteiger partial charge in [0.2, 0.25) is 0 Å². The van der Waals surface area contributed by atoms with Crippen LogP contribution in [0.15, 0.2) is 12.1 Å². The molecule has 2 heteroatoms. The second-order valence-electron chi connectivity index (χ2n) is 4.03.